The Labute approximate surface area is 233 Å². The number of amides is 4. The van der Waals surface area contributed by atoms with Crippen molar-refractivity contribution in [3.8, 4) is 5.75 Å². The van der Waals surface area contributed by atoms with Crippen molar-refractivity contribution in [2.75, 3.05) is 11.9 Å². The van der Waals surface area contributed by atoms with E-state index in [1.807, 2.05) is 0 Å². The number of fused-ring (bicyclic) bond motifs is 1. The minimum absolute atomic E-state index is 0.0206. The lowest BCUT2D eigenvalue weighted by Gasteiger charge is -2.29. The number of piperidine rings is 1. The molecule has 3 atom stereocenters. The summed E-state index contributed by atoms with van der Waals surface area (Å²) in [5, 5.41) is 4.80. The fraction of sp³-hybridized carbons (Fsp3) is 0.448. The number of carbonyl (C=O) groups excluding carboxylic acids is 4. The Balaban J connectivity index is 1.15. The highest BCUT2D eigenvalue weighted by Crippen LogP contribution is 2.38. The molecule has 12 heteroatoms. The second-order valence-corrected chi connectivity index (χ2v) is 10.7. The number of hydrogen-bond donors (Lipinski definition) is 2. The van der Waals surface area contributed by atoms with Gasteiger partial charge in [0.05, 0.1) is 18.7 Å². The monoisotopic (exact) mass is 575 g/mol. The molecule has 0 bridgehead atoms. The number of halogens is 4. The van der Waals surface area contributed by atoms with Gasteiger partial charge in [0.1, 0.15) is 17.6 Å². The zero-order valence-corrected chi connectivity index (χ0v) is 22.1. The Morgan fingerprint density at radius 1 is 1.10 bits per heavy atom. The molecule has 218 valence electrons. The SMILES string of the molecule is O=C1CCC(N2Cc3c(OCCCC4CCC[C@H]4C(=O)Nc4ccc(F)c(C(F)(F)F)c4)cccc3C2=O)C(=O)N1. The first kappa shape index (κ1) is 28.6. The van der Waals surface area contributed by atoms with Gasteiger partial charge in [0.2, 0.25) is 17.7 Å². The predicted molar refractivity (Wildman–Crippen MR) is 138 cm³/mol. The molecule has 3 aliphatic rings. The third-order valence-corrected chi connectivity index (χ3v) is 8.05. The van der Waals surface area contributed by atoms with E-state index in [2.05, 4.69) is 10.6 Å². The van der Waals surface area contributed by atoms with Gasteiger partial charge in [-0.1, -0.05) is 12.5 Å². The number of rotatable bonds is 8. The molecule has 2 unspecified atom stereocenters. The number of benzene rings is 2. The van der Waals surface area contributed by atoms with Crippen LogP contribution in [0, 0.1) is 17.7 Å². The average molecular weight is 576 g/mol. The number of ether oxygens (including phenoxy) is 1. The van der Waals surface area contributed by atoms with Crippen molar-refractivity contribution in [1.29, 1.82) is 0 Å². The number of anilines is 1. The van der Waals surface area contributed by atoms with E-state index in [4.69, 9.17) is 4.74 Å². The van der Waals surface area contributed by atoms with Crippen LogP contribution in [0.3, 0.4) is 0 Å². The first-order valence-corrected chi connectivity index (χ1v) is 13.6. The van der Waals surface area contributed by atoms with E-state index in [0.29, 0.717) is 54.9 Å². The van der Waals surface area contributed by atoms with Crippen molar-refractivity contribution in [3.63, 3.8) is 0 Å². The highest BCUT2D eigenvalue weighted by atomic mass is 19.4. The molecule has 2 aromatic carbocycles. The second-order valence-electron chi connectivity index (χ2n) is 10.7. The van der Waals surface area contributed by atoms with Crippen molar-refractivity contribution in [2.45, 2.75) is 63.7 Å². The van der Waals surface area contributed by atoms with E-state index in [9.17, 15) is 36.7 Å². The minimum Gasteiger partial charge on any atom is -0.493 e. The summed E-state index contributed by atoms with van der Waals surface area (Å²) in [6.07, 6.45) is -0.953. The van der Waals surface area contributed by atoms with Gasteiger partial charge in [0.15, 0.2) is 0 Å². The van der Waals surface area contributed by atoms with Crippen LogP contribution in [0.4, 0.5) is 23.2 Å². The van der Waals surface area contributed by atoms with Gasteiger partial charge in [-0.3, -0.25) is 24.5 Å². The lowest BCUT2D eigenvalue weighted by molar-refractivity contribution is -0.140. The Morgan fingerprint density at radius 3 is 2.66 bits per heavy atom. The fourth-order valence-corrected chi connectivity index (χ4v) is 6.00. The number of hydrogen-bond acceptors (Lipinski definition) is 5. The summed E-state index contributed by atoms with van der Waals surface area (Å²) in [5.74, 6) is -2.74. The molecule has 2 aliphatic heterocycles. The Kier molecular flexibility index (Phi) is 8.01. The van der Waals surface area contributed by atoms with Gasteiger partial charge in [-0.25, -0.2) is 4.39 Å². The lowest BCUT2D eigenvalue weighted by Crippen LogP contribution is -2.52. The van der Waals surface area contributed by atoms with Gasteiger partial charge in [-0.2, -0.15) is 13.2 Å². The summed E-state index contributed by atoms with van der Waals surface area (Å²) in [4.78, 5) is 51.1. The summed E-state index contributed by atoms with van der Waals surface area (Å²) in [6.45, 7) is 0.516. The molecular weight excluding hydrogens is 546 g/mol. The summed E-state index contributed by atoms with van der Waals surface area (Å²) < 4.78 is 58.7. The molecular formula is C29H29F4N3O5. The highest BCUT2D eigenvalue weighted by molar-refractivity contribution is 6.05. The van der Waals surface area contributed by atoms with Crippen LogP contribution in [-0.2, 0) is 27.1 Å². The van der Waals surface area contributed by atoms with Crippen LogP contribution in [0.2, 0.25) is 0 Å². The van der Waals surface area contributed by atoms with Gasteiger partial charge >= 0.3 is 6.18 Å². The first-order chi connectivity index (χ1) is 19.5. The lowest BCUT2D eigenvalue weighted by atomic mass is 9.91. The molecule has 8 nitrogen and oxygen atoms in total. The van der Waals surface area contributed by atoms with Crippen molar-refractivity contribution in [3.05, 3.63) is 58.9 Å². The third kappa shape index (κ3) is 6.06. The van der Waals surface area contributed by atoms with Crippen LogP contribution in [0.1, 0.15) is 66.4 Å². The first-order valence-electron chi connectivity index (χ1n) is 13.6. The topological polar surface area (TPSA) is 105 Å². The zero-order chi connectivity index (χ0) is 29.3. The molecule has 5 rings (SSSR count). The molecule has 2 N–H and O–H groups in total. The van der Waals surface area contributed by atoms with Gasteiger partial charge in [-0.05, 0) is 68.4 Å². The van der Waals surface area contributed by atoms with E-state index in [-0.39, 0.29) is 54.6 Å². The van der Waals surface area contributed by atoms with Gasteiger partial charge in [0.25, 0.3) is 5.91 Å². The van der Waals surface area contributed by atoms with Crippen LogP contribution in [0.25, 0.3) is 0 Å². The Bertz CT molecular complexity index is 1380. The summed E-state index contributed by atoms with van der Waals surface area (Å²) in [7, 11) is 0. The summed E-state index contributed by atoms with van der Waals surface area (Å²) in [5.41, 5.74) is -0.395. The van der Waals surface area contributed by atoms with Gasteiger partial charge in [-0.15, -0.1) is 0 Å². The number of imide groups is 1. The van der Waals surface area contributed by atoms with Crippen LogP contribution < -0.4 is 15.4 Å². The van der Waals surface area contributed by atoms with Crippen molar-refractivity contribution in [1.82, 2.24) is 10.2 Å². The average Bonchev–Trinajstić information content (AvgIpc) is 3.52. The second kappa shape index (κ2) is 11.5. The molecule has 41 heavy (non-hydrogen) atoms. The molecule has 4 amide bonds. The maximum Gasteiger partial charge on any atom is 0.419 e. The smallest absolute Gasteiger partial charge is 0.419 e. The van der Waals surface area contributed by atoms with Crippen LogP contribution >= 0.6 is 0 Å². The number of carbonyl (C=O) groups is 4. The van der Waals surface area contributed by atoms with Gasteiger partial charge in [0, 0.05) is 29.2 Å². The normalized spacial score (nSPS) is 22.5. The molecule has 2 aromatic rings. The van der Waals surface area contributed by atoms with Crippen LogP contribution in [-0.4, -0.2) is 41.2 Å². The van der Waals surface area contributed by atoms with E-state index < -0.39 is 29.5 Å². The van der Waals surface area contributed by atoms with E-state index in [0.717, 1.165) is 18.9 Å². The molecule has 2 heterocycles. The van der Waals surface area contributed by atoms with Crippen LogP contribution in [0.15, 0.2) is 36.4 Å². The molecule has 1 saturated carbocycles. The Hall–Kier alpha value is -3.96. The van der Waals surface area contributed by atoms with E-state index in [1.165, 1.54) is 4.90 Å². The van der Waals surface area contributed by atoms with E-state index >= 15 is 0 Å². The summed E-state index contributed by atoms with van der Waals surface area (Å²) in [6, 6.07) is 6.83. The molecule has 1 aliphatic carbocycles. The zero-order valence-electron chi connectivity index (χ0n) is 22.1. The Morgan fingerprint density at radius 2 is 1.90 bits per heavy atom. The van der Waals surface area contributed by atoms with Crippen LogP contribution in [0.5, 0.6) is 5.75 Å². The largest absolute Gasteiger partial charge is 0.493 e. The third-order valence-electron chi connectivity index (χ3n) is 8.05. The number of alkyl halides is 3. The fourth-order valence-electron chi connectivity index (χ4n) is 6.00. The molecule has 0 spiro atoms. The molecule has 2 fully saturated rings. The summed E-state index contributed by atoms with van der Waals surface area (Å²) >= 11 is 0. The number of nitrogens with one attached hydrogen (secondary N) is 2. The maximum atomic E-state index is 13.6. The molecule has 1 saturated heterocycles. The molecule has 0 radical (unpaired) electrons. The highest BCUT2D eigenvalue weighted by Gasteiger charge is 2.40. The van der Waals surface area contributed by atoms with Gasteiger partial charge < -0.3 is 15.0 Å². The van der Waals surface area contributed by atoms with Crippen molar-refractivity contribution < 1.29 is 41.5 Å². The van der Waals surface area contributed by atoms with Crippen molar-refractivity contribution >= 4 is 29.3 Å². The minimum atomic E-state index is -4.86. The quantitative estimate of drug-likeness (QED) is 0.267. The number of nitrogens with zero attached hydrogens (tertiary/aromatic N) is 1. The predicted octanol–water partition coefficient (Wildman–Crippen LogP) is 4.82. The standard InChI is InChI=1S/C29H29F4N3O5/c30-22-10-9-17(14-21(22)29(31,32)33)34-26(38)18-6-1-4-16(18)5-3-13-41-24-8-2-7-19-20(24)15-36(28(19)40)23-11-12-25(37)35-27(23)39/h2,7-10,14,16,18,23H,1,3-6,11-13,15H2,(H,34,38)(H,35,37,39)/t16?,18-,23?/m1/s1. The van der Waals surface area contributed by atoms with Crippen molar-refractivity contribution in [2.24, 2.45) is 11.8 Å². The maximum absolute atomic E-state index is 13.6. The molecule has 0 aromatic heterocycles. The van der Waals surface area contributed by atoms with E-state index in [1.54, 1.807) is 18.2 Å².